The lowest BCUT2D eigenvalue weighted by molar-refractivity contribution is 0.360. The van der Waals surface area contributed by atoms with Gasteiger partial charge < -0.3 is 0 Å². The van der Waals surface area contributed by atoms with Gasteiger partial charge in [0.05, 0.1) is 0 Å². The Labute approximate surface area is 94.7 Å². The summed E-state index contributed by atoms with van der Waals surface area (Å²) in [6.45, 7) is 9.12. The zero-order valence-electron chi connectivity index (χ0n) is 10.6. The van der Waals surface area contributed by atoms with Crippen LogP contribution in [0.5, 0.6) is 0 Å². The molecule has 0 aromatic heterocycles. The Morgan fingerprint density at radius 2 is 1.80 bits per heavy atom. The van der Waals surface area contributed by atoms with Crippen molar-refractivity contribution in [2.75, 3.05) is 0 Å². The highest BCUT2D eigenvalue weighted by molar-refractivity contribution is 5.22. The number of benzene rings is 1. The normalized spacial score (nSPS) is 11.7. The average Bonchev–Trinajstić information content (AvgIpc) is 2.11. The predicted octanol–water partition coefficient (Wildman–Crippen LogP) is 4.75. The number of hydrogen-bond acceptors (Lipinski definition) is 0. The van der Waals surface area contributed by atoms with E-state index in [4.69, 9.17) is 0 Å². The first-order chi connectivity index (χ1) is 6.97. The second kappa shape index (κ2) is 5.34. The summed E-state index contributed by atoms with van der Waals surface area (Å²) >= 11 is 0. The van der Waals surface area contributed by atoms with Crippen LogP contribution in [-0.4, -0.2) is 0 Å². The van der Waals surface area contributed by atoms with Gasteiger partial charge in [0.1, 0.15) is 0 Å². The topological polar surface area (TPSA) is 0 Å². The van der Waals surface area contributed by atoms with Crippen molar-refractivity contribution >= 4 is 0 Å². The van der Waals surface area contributed by atoms with Gasteiger partial charge in [0.25, 0.3) is 0 Å². The van der Waals surface area contributed by atoms with Gasteiger partial charge in [0, 0.05) is 0 Å². The molecule has 0 bridgehead atoms. The molecule has 0 atom stereocenters. The maximum absolute atomic E-state index is 2.32. The SMILES string of the molecule is Cc1cccc(CCCCC(C)(C)C)c1. The van der Waals surface area contributed by atoms with E-state index in [1.165, 1.54) is 36.8 Å². The fourth-order valence-electron chi connectivity index (χ4n) is 1.85. The van der Waals surface area contributed by atoms with Gasteiger partial charge in [-0.2, -0.15) is 0 Å². The summed E-state index contributed by atoms with van der Waals surface area (Å²) in [5.41, 5.74) is 3.36. The largest absolute Gasteiger partial charge is 0.0617 e. The summed E-state index contributed by atoms with van der Waals surface area (Å²) in [5.74, 6) is 0. The molecule has 0 nitrogen and oxygen atoms in total. The Morgan fingerprint density at radius 1 is 1.07 bits per heavy atom. The summed E-state index contributed by atoms with van der Waals surface area (Å²) < 4.78 is 0. The van der Waals surface area contributed by atoms with Gasteiger partial charge in [-0.3, -0.25) is 0 Å². The van der Waals surface area contributed by atoms with Crippen LogP contribution in [0.1, 0.15) is 51.2 Å². The van der Waals surface area contributed by atoms with Gasteiger partial charge in [0.15, 0.2) is 0 Å². The van der Waals surface area contributed by atoms with Gasteiger partial charge in [-0.1, -0.05) is 57.0 Å². The minimum Gasteiger partial charge on any atom is -0.0617 e. The lowest BCUT2D eigenvalue weighted by atomic mass is 9.89. The molecule has 0 radical (unpaired) electrons. The predicted molar refractivity (Wildman–Crippen MR) is 68.2 cm³/mol. The molecular formula is C15H24. The number of hydrogen-bond donors (Lipinski definition) is 0. The highest BCUT2D eigenvalue weighted by atomic mass is 14.1. The van der Waals surface area contributed by atoms with Gasteiger partial charge in [-0.25, -0.2) is 0 Å². The van der Waals surface area contributed by atoms with Gasteiger partial charge >= 0.3 is 0 Å². The van der Waals surface area contributed by atoms with Crippen molar-refractivity contribution in [3.05, 3.63) is 35.4 Å². The van der Waals surface area contributed by atoms with Crippen LogP contribution >= 0.6 is 0 Å². The van der Waals surface area contributed by atoms with E-state index in [0.717, 1.165) is 0 Å². The molecule has 0 heterocycles. The second-order valence-electron chi connectivity index (χ2n) is 5.76. The summed E-state index contributed by atoms with van der Waals surface area (Å²) in [4.78, 5) is 0. The van der Waals surface area contributed by atoms with Crippen molar-refractivity contribution in [3.8, 4) is 0 Å². The van der Waals surface area contributed by atoms with Crippen LogP contribution in [0.3, 0.4) is 0 Å². The highest BCUT2D eigenvalue weighted by Crippen LogP contribution is 2.22. The Kier molecular flexibility index (Phi) is 4.38. The number of rotatable bonds is 4. The third-order valence-corrected chi connectivity index (χ3v) is 2.72. The average molecular weight is 204 g/mol. The summed E-state index contributed by atoms with van der Waals surface area (Å²) in [6, 6.07) is 8.87. The van der Waals surface area contributed by atoms with E-state index in [1.807, 2.05) is 0 Å². The second-order valence-corrected chi connectivity index (χ2v) is 5.76. The summed E-state index contributed by atoms with van der Waals surface area (Å²) in [5, 5.41) is 0. The third kappa shape index (κ3) is 5.61. The van der Waals surface area contributed by atoms with Gasteiger partial charge in [0.2, 0.25) is 0 Å². The van der Waals surface area contributed by atoms with E-state index in [-0.39, 0.29) is 0 Å². The molecule has 0 unspecified atom stereocenters. The molecule has 1 aromatic rings. The molecule has 0 N–H and O–H groups in total. The molecule has 0 spiro atoms. The van der Waals surface area contributed by atoms with Crippen molar-refractivity contribution in [1.29, 1.82) is 0 Å². The van der Waals surface area contributed by atoms with Crippen molar-refractivity contribution in [1.82, 2.24) is 0 Å². The van der Waals surface area contributed by atoms with Gasteiger partial charge in [-0.05, 0) is 37.2 Å². The molecule has 15 heavy (non-hydrogen) atoms. The lowest BCUT2D eigenvalue weighted by Gasteiger charge is -2.17. The fourth-order valence-corrected chi connectivity index (χ4v) is 1.85. The quantitative estimate of drug-likeness (QED) is 0.621. The Balaban J connectivity index is 2.26. The number of aryl methyl sites for hydroxylation is 2. The van der Waals surface area contributed by atoms with Gasteiger partial charge in [-0.15, -0.1) is 0 Å². The monoisotopic (exact) mass is 204 g/mol. The van der Waals surface area contributed by atoms with E-state index in [1.54, 1.807) is 0 Å². The molecular weight excluding hydrogens is 180 g/mol. The molecule has 0 amide bonds. The first kappa shape index (κ1) is 12.3. The maximum atomic E-state index is 2.32. The van der Waals surface area contributed by atoms with Crippen LogP contribution in [0.4, 0.5) is 0 Å². The maximum Gasteiger partial charge on any atom is -0.0279 e. The molecule has 0 heteroatoms. The van der Waals surface area contributed by atoms with Crippen LogP contribution < -0.4 is 0 Å². The zero-order valence-corrected chi connectivity index (χ0v) is 10.6. The molecule has 84 valence electrons. The molecule has 0 aliphatic carbocycles. The first-order valence-corrected chi connectivity index (χ1v) is 6.03. The van der Waals surface area contributed by atoms with Crippen LogP contribution in [0.15, 0.2) is 24.3 Å². The van der Waals surface area contributed by atoms with Crippen LogP contribution in [0.25, 0.3) is 0 Å². The lowest BCUT2D eigenvalue weighted by Crippen LogP contribution is -2.04. The van der Waals surface area contributed by atoms with Crippen LogP contribution in [0.2, 0.25) is 0 Å². The summed E-state index contributed by atoms with van der Waals surface area (Å²) in [6.07, 6.45) is 5.23. The van der Waals surface area contributed by atoms with Crippen LogP contribution in [-0.2, 0) is 6.42 Å². The summed E-state index contributed by atoms with van der Waals surface area (Å²) in [7, 11) is 0. The minimum absolute atomic E-state index is 0.493. The fraction of sp³-hybridized carbons (Fsp3) is 0.600. The van der Waals surface area contributed by atoms with Crippen molar-refractivity contribution in [3.63, 3.8) is 0 Å². The zero-order chi connectivity index (χ0) is 11.3. The molecule has 0 fully saturated rings. The highest BCUT2D eigenvalue weighted by Gasteiger charge is 2.08. The van der Waals surface area contributed by atoms with Crippen molar-refractivity contribution in [2.24, 2.45) is 5.41 Å². The molecule has 0 saturated heterocycles. The third-order valence-electron chi connectivity index (χ3n) is 2.72. The van der Waals surface area contributed by atoms with E-state index < -0.39 is 0 Å². The Bertz CT molecular complexity index is 291. The Hall–Kier alpha value is -0.780. The molecule has 0 aliphatic rings. The van der Waals surface area contributed by atoms with Crippen LogP contribution in [0, 0.1) is 12.3 Å². The van der Waals surface area contributed by atoms with E-state index in [0.29, 0.717) is 5.41 Å². The minimum atomic E-state index is 0.493. The molecule has 1 aromatic carbocycles. The molecule has 0 saturated carbocycles. The first-order valence-electron chi connectivity index (χ1n) is 6.03. The number of unbranched alkanes of at least 4 members (excludes halogenated alkanes) is 1. The molecule has 0 aliphatic heterocycles. The Morgan fingerprint density at radius 3 is 2.40 bits per heavy atom. The van der Waals surface area contributed by atoms with Crippen molar-refractivity contribution < 1.29 is 0 Å². The standard InChI is InChI=1S/C15H24/c1-13-8-7-10-14(12-13)9-5-6-11-15(2,3)4/h7-8,10,12H,5-6,9,11H2,1-4H3. The van der Waals surface area contributed by atoms with E-state index >= 15 is 0 Å². The van der Waals surface area contributed by atoms with E-state index in [2.05, 4.69) is 52.0 Å². The van der Waals surface area contributed by atoms with E-state index in [9.17, 15) is 0 Å². The molecule has 1 rings (SSSR count). The van der Waals surface area contributed by atoms with Crippen molar-refractivity contribution in [2.45, 2.75) is 53.4 Å². The smallest absolute Gasteiger partial charge is 0.0279 e.